The smallest absolute Gasteiger partial charge is 0.0446 e. The molecule has 1 saturated heterocycles. The van der Waals surface area contributed by atoms with Gasteiger partial charge in [0.2, 0.25) is 0 Å². The van der Waals surface area contributed by atoms with Gasteiger partial charge in [-0.3, -0.25) is 14.8 Å². The molecule has 26 heavy (non-hydrogen) atoms. The van der Waals surface area contributed by atoms with Crippen LogP contribution in [0.2, 0.25) is 0 Å². The molecule has 1 aliphatic rings. The van der Waals surface area contributed by atoms with Gasteiger partial charge < -0.3 is 5.11 Å². The van der Waals surface area contributed by atoms with Gasteiger partial charge >= 0.3 is 0 Å². The van der Waals surface area contributed by atoms with Gasteiger partial charge in [-0.2, -0.15) is 11.3 Å². The molecular formula is C21H25N3OS. The van der Waals surface area contributed by atoms with Gasteiger partial charge in [-0.05, 0) is 45.8 Å². The Morgan fingerprint density at radius 1 is 1.15 bits per heavy atom. The lowest BCUT2D eigenvalue weighted by Gasteiger charge is -2.41. The van der Waals surface area contributed by atoms with Crippen LogP contribution in [0.3, 0.4) is 0 Å². The van der Waals surface area contributed by atoms with E-state index in [-0.39, 0.29) is 6.61 Å². The Morgan fingerprint density at radius 3 is 2.96 bits per heavy atom. The van der Waals surface area contributed by atoms with Crippen molar-refractivity contribution in [3.05, 3.63) is 64.6 Å². The molecule has 4 rings (SSSR count). The summed E-state index contributed by atoms with van der Waals surface area (Å²) >= 11 is 1.75. The fourth-order valence-corrected chi connectivity index (χ4v) is 4.58. The van der Waals surface area contributed by atoms with E-state index in [1.165, 1.54) is 21.9 Å². The minimum absolute atomic E-state index is 0.249. The first-order chi connectivity index (χ1) is 12.8. The van der Waals surface area contributed by atoms with Crippen LogP contribution >= 0.6 is 11.3 Å². The molecule has 0 amide bonds. The monoisotopic (exact) mass is 367 g/mol. The van der Waals surface area contributed by atoms with Gasteiger partial charge in [0.15, 0.2) is 0 Å². The average Bonchev–Trinajstić information content (AvgIpc) is 3.18. The third kappa shape index (κ3) is 3.96. The van der Waals surface area contributed by atoms with E-state index in [1.807, 2.05) is 12.4 Å². The van der Waals surface area contributed by atoms with Crippen molar-refractivity contribution in [1.82, 2.24) is 14.8 Å². The van der Waals surface area contributed by atoms with Crippen molar-refractivity contribution in [2.24, 2.45) is 0 Å². The molecule has 5 heteroatoms. The number of nitrogens with zero attached hydrogens (tertiary/aromatic N) is 3. The topological polar surface area (TPSA) is 39.6 Å². The molecule has 0 bridgehead atoms. The predicted octanol–water partition coefficient (Wildman–Crippen LogP) is 3.37. The average molecular weight is 368 g/mol. The van der Waals surface area contributed by atoms with E-state index in [0.29, 0.717) is 6.04 Å². The highest BCUT2D eigenvalue weighted by atomic mass is 32.1. The molecule has 3 aromatic rings. The number of aromatic nitrogens is 1. The van der Waals surface area contributed by atoms with Gasteiger partial charge in [-0.1, -0.05) is 18.2 Å². The largest absolute Gasteiger partial charge is 0.396 e. The van der Waals surface area contributed by atoms with Crippen molar-refractivity contribution in [3.8, 4) is 0 Å². The van der Waals surface area contributed by atoms with E-state index < -0.39 is 0 Å². The number of rotatable bonds is 6. The first-order valence-electron chi connectivity index (χ1n) is 9.23. The third-order valence-corrected chi connectivity index (χ3v) is 6.01. The van der Waals surface area contributed by atoms with Gasteiger partial charge in [0.25, 0.3) is 0 Å². The number of aliphatic hydroxyl groups excluding tert-OH is 1. The van der Waals surface area contributed by atoms with Crippen LogP contribution in [0, 0.1) is 0 Å². The summed E-state index contributed by atoms with van der Waals surface area (Å²) in [4.78, 5) is 9.29. The molecule has 1 unspecified atom stereocenters. The van der Waals surface area contributed by atoms with E-state index in [2.05, 4.69) is 55.9 Å². The van der Waals surface area contributed by atoms with Gasteiger partial charge in [0.1, 0.15) is 0 Å². The zero-order valence-corrected chi connectivity index (χ0v) is 15.7. The Labute approximate surface area is 158 Å². The molecule has 1 aromatic carbocycles. The molecule has 1 aliphatic heterocycles. The first kappa shape index (κ1) is 17.6. The van der Waals surface area contributed by atoms with Crippen LogP contribution in [-0.4, -0.2) is 52.2 Å². The Hall–Kier alpha value is -1.79. The second-order valence-corrected chi connectivity index (χ2v) is 7.80. The molecular weight excluding hydrogens is 342 g/mol. The maximum Gasteiger partial charge on any atom is 0.0446 e. The second kappa shape index (κ2) is 8.27. The van der Waals surface area contributed by atoms with Gasteiger partial charge in [-0.25, -0.2) is 0 Å². The summed E-state index contributed by atoms with van der Waals surface area (Å²) in [6, 6.07) is 11.2. The molecule has 1 N–H and O–H groups in total. The number of hydrogen-bond acceptors (Lipinski definition) is 5. The summed E-state index contributed by atoms with van der Waals surface area (Å²) in [6.45, 7) is 5.31. The summed E-state index contributed by atoms with van der Waals surface area (Å²) in [5.41, 5.74) is 2.74. The van der Waals surface area contributed by atoms with Crippen molar-refractivity contribution in [3.63, 3.8) is 0 Å². The number of hydrogen-bond donors (Lipinski definition) is 1. The Morgan fingerprint density at radius 2 is 2.12 bits per heavy atom. The standard InChI is InChI=1S/C21H25N3OS/c25-10-5-20-15-23(8-9-24(20)13-17-6-11-26-16-17)14-19-3-1-2-18-12-22-7-4-21(18)19/h1-4,6-7,11-12,16,20,25H,5,8-10,13-15H2. The first-order valence-corrected chi connectivity index (χ1v) is 10.2. The van der Waals surface area contributed by atoms with E-state index in [4.69, 9.17) is 0 Å². The maximum absolute atomic E-state index is 9.53. The minimum atomic E-state index is 0.249. The summed E-state index contributed by atoms with van der Waals surface area (Å²) in [5, 5.41) is 16.4. The summed E-state index contributed by atoms with van der Waals surface area (Å²) in [5.74, 6) is 0. The van der Waals surface area contributed by atoms with Crippen LogP contribution in [0.4, 0.5) is 0 Å². The molecule has 1 fully saturated rings. The molecule has 136 valence electrons. The Bertz CT molecular complexity index is 831. The fraction of sp³-hybridized carbons (Fsp3) is 0.381. The Balaban J connectivity index is 1.46. The molecule has 0 spiro atoms. The van der Waals surface area contributed by atoms with E-state index >= 15 is 0 Å². The lowest BCUT2D eigenvalue weighted by atomic mass is 10.0. The highest BCUT2D eigenvalue weighted by Crippen LogP contribution is 2.23. The fourth-order valence-electron chi connectivity index (χ4n) is 3.92. The number of aliphatic hydroxyl groups is 1. The summed E-state index contributed by atoms with van der Waals surface area (Å²) in [7, 11) is 0. The van der Waals surface area contributed by atoms with Crippen LogP contribution in [0.1, 0.15) is 17.5 Å². The number of thiophene rings is 1. The Kier molecular flexibility index (Phi) is 5.60. The normalized spacial score (nSPS) is 19.2. The van der Waals surface area contributed by atoms with Crippen LogP contribution < -0.4 is 0 Å². The number of piperazine rings is 1. The van der Waals surface area contributed by atoms with Crippen molar-refractivity contribution in [2.45, 2.75) is 25.6 Å². The molecule has 4 nitrogen and oxygen atoms in total. The quantitative estimate of drug-likeness (QED) is 0.725. The summed E-state index contributed by atoms with van der Waals surface area (Å²) in [6.07, 6.45) is 4.64. The molecule has 0 saturated carbocycles. The SMILES string of the molecule is OCCC1CN(Cc2cccc3cnccc23)CCN1Cc1ccsc1. The van der Waals surface area contributed by atoms with Crippen molar-refractivity contribution < 1.29 is 5.11 Å². The van der Waals surface area contributed by atoms with Crippen molar-refractivity contribution >= 4 is 22.1 Å². The highest BCUT2D eigenvalue weighted by molar-refractivity contribution is 7.07. The highest BCUT2D eigenvalue weighted by Gasteiger charge is 2.26. The lowest BCUT2D eigenvalue weighted by molar-refractivity contribution is 0.0502. The number of benzene rings is 1. The molecule has 2 aromatic heterocycles. The van der Waals surface area contributed by atoms with Gasteiger partial charge in [0.05, 0.1) is 0 Å². The molecule has 0 radical (unpaired) electrons. The molecule has 3 heterocycles. The predicted molar refractivity (Wildman–Crippen MR) is 107 cm³/mol. The van der Waals surface area contributed by atoms with Gasteiger partial charge in [-0.15, -0.1) is 0 Å². The van der Waals surface area contributed by atoms with Gasteiger partial charge in [0, 0.05) is 63.2 Å². The number of fused-ring (bicyclic) bond motifs is 1. The lowest BCUT2D eigenvalue weighted by Crippen LogP contribution is -2.52. The van der Waals surface area contributed by atoms with E-state index in [9.17, 15) is 5.11 Å². The van der Waals surface area contributed by atoms with E-state index in [1.54, 1.807) is 11.3 Å². The van der Waals surface area contributed by atoms with Crippen LogP contribution in [-0.2, 0) is 13.1 Å². The molecule has 1 atom stereocenters. The molecule has 0 aliphatic carbocycles. The van der Waals surface area contributed by atoms with Crippen molar-refractivity contribution in [2.75, 3.05) is 26.2 Å². The second-order valence-electron chi connectivity index (χ2n) is 7.02. The van der Waals surface area contributed by atoms with Crippen LogP contribution in [0.5, 0.6) is 0 Å². The number of pyridine rings is 1. The third-order valence-electron chi connectivity index (χ3n) is 5.28. The zero-order valence-electron chi connectivity index (χ0n) is 14.9. The zero-order chi connectivity index (χ0) is 17.8. The van der Waals surface area contributed by atoms with E-state index in [0.717, 1.165) is 39.1 Å². The van der Waals surface area contributed by atoms with Crippen LogP contribution in [0.25, 0.3) is 10.8 Å². The van der Waals surface area contributed by atoms with Crippen molar-refractivity contribution in [1.29, 1.82) is 0 Å². The maximum atomic E-state index is 9.53. The van der Waals surface area contributed by atoms with Crippen LogP contribution in [0.15, 0.2) is 53.5 Å². The summed E-state index contributed by atoms with van der Waals surface area (Å²) < 4.78 is 0. The minimum Gasteiger partial charge on any atom is -0.396 e.